The Bertz CT molecular complexity index is 1220. The van der Waals surface area contributed by atoms with E-state index in [1.54, 1.807) is 18.3 Å². The average Bonchev–Trinajstić information content (AvgIpc) is 3.33. The SMILES string of the molecule is CC1(C(=O)Nc2nccs2)Cc2ccc(O)cc2C1c1ccc2ccccc2c1. The van der Waals surface area contributed by atoms with Crippen molar-refractivity contribution in [3.63, 3.8) is 0 Å². The largest absolute Gasteiger partial charge is 0.508 e. The van der Waals surface area contributed by atoms with E-state index in [9.17, 15) is 9.90 Å². The van der Waals surface area contributed by atoms with Gasteiger partial charge in [0, 0.05) is 17.5 Å². The van der Waals surface area contributed by atoms with Gasteiger partial charge in [-0.1, -0.05) is 48.5 Å². The van der Waals surface area contributed by atoms with E-state index in [1.165, 1.54) is 16.7 Å². The predicted octanol–water partition coefficient (Wildman–Crippen LogP) is 5.33. The summed E-state index contributed by atoms with van der Waals surface area (Å²) >= 11 is 1.41. The number of rotatable bonds is 3. The summed E-state index contributed by atoms with van der Waals surface area (Å²) in [6.45, 7) is 2.01. The number of aromatic hydroxyl groups is 1. The van der Waals surface area contributed by atoms with E-state index in [1.807, 2.05) is 30.5 Å². The molecule has 2 atom stereocenters. The minimum atomic E-state index is -0.690. The van der Waals surface area contributed by atoms with Gasteiger partial charge < -0.3 is 10.4 Å². The van der Waals surface area contributed by atoms with E-state index < -0.39 is 5.41 Å². The zero-order valence-electron chi connectivity index (χ0n) is 15.9. The summed E-state index contributed by atoms with van der Waals surface area (Å²) in [7, 11) is 0. The number of hydrogen-bond donors (Lipinski definition) is 2. The first-order valence-electron chi connectivity index (χ1n) is 9.56. The van der Waals surface area contributed by atoms with E-state index in [-0.39, 0.29) is 17.6 Å². The summed E-state index contributed by atoms with van der Waals surface area (Å²) < 4.78 is 0. The van der Waals surface area contributed by atoms with Gasteiger partial charge in [-0.05, 0) is 52.9 Å². The van der Waals surface area contributed by atoms with Gasteiger partial charge in [0.1, 0.15) is 5.75 Å². The normalized spacial score (nSPS) is 20.5. The van der Waals surface area contributed by atoms with Crippen molar-refractivity contribution in [1.82, 2.24) is 4.98 Å². The molecule has 1 heterocycles. The number of carbonyl (C=O) groups is 1. The van der Waals surface area contributed by atoms with Crippen molar-refractivity contribution in [2.45, 2.75) is 19.3 Å². The van der Waals surface area contributed by atoms with Gasteiger partial charge >= 0.3 is 0 Å². The number of nitrogens with zero attached hydrogens (tertiary/aromatic N) is 1. The number of aromatic nitrogens is 1. The lowest BCUT2D eigenvalue weighted by molar-refractivity contribution is -0.125. The molecule has 5 heteroatoms. The van der Waals surface area contributed by atoms with Crippen molar-refractivity contribution in [1.29, 1.82) is 0 Å². The molecule has 1 amide bonds. The van der Waals surface area contributed by atoms with Crippen molar-refractivity contribution in [3.8, 4) is 5.75 Å². The maximum Gasteiger partial charge on any atom is 0.233 e. The van der Waals surface area contributed by atoms with Crippen molar-refractivity contribution < 1.29 is 9.90 Å². The molecule has 4 nitrogen and oxygen atoms in total. The molecule has 5 rings (SSSR count). The molecule has 0 fully saturated rings. The molecule has 1 aliphatic rings. The van der Waals surface area contributed by atoms with Crippen LogP contribution in [0.5, 0.6) is 5.75 Å². The molecule has 1 aromatic heterocycles. The molecular formula is C24H20N2O2S. The topological polar surface area (TPSA) is 62.2 Å². The molecule has 2 N–H and O–H groups in total. The van der Waals surface area contributed by atoms with E-state index in [4.69, 9.17) is 0 Å². The fourth-order valence-electron chi connectivity index (χ4n) is 4.52. The summed E-state index contributed by atoms with van der Waals surface area (Å²) in [5, 5.41) is 17.9. The molecule has 0 aliphatic heterocycles. The summed E-state index contributed by atoms with van der Waals surface area (Å²) in [5.41, 5.74) is 2.49. The molecule has 2 unspecified atom stereocenters. The number of fused-ring (bicyclic) bond motifs is 2. The van der Waals surface area contributed by atoms with Gasteiger partial charge in [-0.3, -0.25) is 4.79 Å². The maximum atomic E-state index is 13.4. The summed E-state index contributed by atoms with van der Waals surface area (Å²) in [5.74, 6) is 0.00888. The molecule has 29 heavy (non-hydrogen) atoms. The van der Waals surface area contributed by atoms with Crippen LogP contribution in [-0.2, 0) is 11.2 Å². The van der Waals surface area contributed by atoms with Crippen LogP contribution in [0.1, 0.15) is 29.5 Å². The van der Waals surface area contributed by atoms with Crippen molar-refractivity contribution in [3.05, 3.63) is 88.9 Å². The summed E-state index contributed by atoms with van der Waals surface area (Å²) in [6, 6.07) is 20.0. The van der Waals surface area contributed by atoms with Crippen molar-refractivity contribution in [2.24, 2.45) is 5.41 Å². The monoisotopic (exact) mass is 400 g/mol. The predicted molar refractivity (Wildman–Crippen MR) is 116 cm³/mol. The third kappa shape index (κ3) is 2.98. The molecule has 0 saturated carbocycles. The molecule has 0 radical (unpaired) electrons. The third-order valence-electron chi connectivity index (χ3n) is 5.91. The minimum Gasteiger partial charge on any atom is -0.508 e. The molecule has 1 aliphatic carbocycles. The number of carbonyl (C=O) groups excluding carboxylic acids is 1. The quantitative estimate of drug-likeness (QED) is 0.488. The third-order valence-corrected chi connectivity index (χ3v) is 6.60. The summed E-state index contributed by atoms with van der Waals surface area (Å²) in [4.78, 5) is 17.6. The molecule has 3 aromatic carbocycles. The smallest absolute Gasteiger partial charge is 0.233 e. The Balaban J connectivity index is 1.64. The number of anilines is 1. The number of benzene rings is 3. The Morgan fingerprint density at radius 3 is 2.76 bits per heavy atom. The Morgan fingerprint density at radius 2 is 1.97 bits per heavy atom. The number of amides is 1. The lowest BCUT2D eigenvalue weighted by Gasteiger charge is -2.31. The van der Waals surface area contributed by atoms with Crippen LogP contribution in [0.15, 0.2) is 72.2 Å². The van der Waals surface area contributed by atoms with E-state index in [0.717, 1.165) is 22.1 Å². The van der Waals surface area contributed by atoms with Crippen molar-refractivity contribution in [2.75, 3.05) is 5.32 Å². The lowest BCUT2D eigenvalue weighted by atomic mass is 9.73. The van der Waals surface area contributed by atoms with Gasteiger partial charge in [0.15, 0.2) is 5.13 Å². The first-order chi connectivity index (χ1) is 14.0. The fraction of sp³-hybridized carbons (Fsp3) is 0.167. The molecular weight excluding hydrogens is 380 g/mol. The van der Waals surface area contributed by atoms with Gasteiger partial charge in [-0.2, -0.15) is 0 Å². The molecule has 0 bridgehead atoms. The number of thiazole rings is 1. The molecule has 4 aromatic rings. The number of phenols is 1. The first kappa shape index (κ1) is 17.9. The van der Waals surface area contributed by atoms with E-state index in [2.05, 4.69) is 40.6 Å². The minimum absolute atomic E-state index is 0.0544. The Morgan fingerprint density at radius 1 is 1.14 bits per heavy atom. The van der Waals surface area contributed by atoms with Gasteiger partial charge in [-0.25, -0.2) is 4.98 Å². The highest BCUT2D eigenvalue weighted by Crippen LogP contribution is 2.52. The average molecular weight is 401 g/mol. The van der Waals surface area contributed by atoms with Crippen LogP contribution in [-0.4, -0.2) is 16.0 Å². The maximum absolute atomic E-state index is 13.4. The van der Waals surface area contributed by atoms with Gasteiger partial charge in [0.25, 0.3) is 0 Å². The number of hydrogen-bond acceptors (Lipinski definition) is 4. The standard InChI is InChI=1S/C24H20N2O2S/c1-24(22(28)26-23-25-10-11-29-23)14-18-8-9-19(27)13-20(18)21(24)17-7-6-15-4-2-3-5-16(15)12-17/h2-13,21,27H,14H2,1H3,(H,25,26,28). The summed E-state index contributed by atoms with van der Waals surface area (Å²) in [6.07, 6.45) is 2.29. The van der Waals surface area contributed by atoms with Crippen LogP contribution < -0.4 is 5.32 Å². The van der Waals surface area contributed by atoms with Crippen LogP contribution >= 0.6 is 11.3 Å². The Labute approximate surface area is 172 Å². The van der Waals surface area contributed by atoms with Crippen LogP contribution in [0.25, 0.3) is 10.8 Å². The zero-order chi connectivity index (χ0) is 20.0. The second-order valence-corrected chi connectivity index (χ2v) is 8.70. The highest BCUT2D eigenvalue weighted by Gasteiger charge is 2.49. The second kappa shape index (κ2) is 6.71. The van der Waals surface area contributed by atoms with Crippen LogP contribution in [0.3, 0.4) is 0 Å². The van der Waals surface area contributed by atoms with Gasteiger partial charge in [0.2, 0.25) is 5.91 Å². The van der Waals surface area contributed by atoms with Crippen LogP contribution in [0.4, 0.5) is 5.13 Å². The molecule has 0 spiro atoms. The number of phenolic OH excluding ortho intramolecular Hbond substituents is 1. The van der Waals surface area contributed by atoms with E-state index in [0.29, 0.717) is 11.6 Å². The highest BCUT2D eigenvalue weighted by atomic mass is 32.1. The van der Waals surface area contributed by atoms with Crippen LogP contribution in [0, 0.1) is 5.41 Å². The highest BCUT2D eigenvalue weighted by molar-refractivity contribution is 7.13. The Hall–Kier alpha value is -3.18. The second-order valence-electron chi connectivity index (χ2n) is 7.81. The molecule has 0 saturated heterocycles. The first-order valence-corrected chi connectivity index (χ1v) is 10.4. The lowest BCUT2D eigenvalue weighted by Crippen LogP contribution is -2.37. The molecule has 144 valence electrons. The van der Waals surface area contributed by atoms with Gasteiger partial charge in [-0.15, -0.1) is 11.3 Å². The van der Waals surface area contributed by atoms with Gasteiger partial charge in [0.05, 0.1) is 5.41 Å². The fourth-order valence-corrected chi connectivity index (χ4v) is 5.05. The van der Waals surface area contributed by atoms with Crippen molar-refractivity contribution >= 4 is 33.1 Å². The number of nitrogens with one attached hydrogen (secondary N) is 1. The van der Waals surface area contributed by atoms with E-state index >= 15 is 0 Å². The van der Waals surface area contributed by atoms with Crippen LogP contribution in [0.2, 0.25) is 0 Å². The zero-order valence-corrected chi connectivity index (χ0v) is 16.7. The Kier molecular flexibility index (Phi) is 4.14.